The van der Waals surface area contributed by atoms with Crippen LogP contribution in [-0.4, -0.2) is 16.9 Å². The molecule has 2 atom stereocenters. The first-order valence-electron chi connectivity index (χ1n) is 7.99. The summed E-state index contributed by atoms with van der Waals surface area (Å²) >= 11 is 4.93. The molecule has 112 valence electrons. The minimum absolute atomic E-state index is 0.000690. The number of hydrogen-bond acceptors (Lipinski definition) is 2. The predicted molar refractivity (Wildman–Crippen MR) is 84.2 cm³/mol. The number of rotatable bonds is 4. The van der Waals surface area contributed by atoms with Gasteiger partial charge in [-0.1, -0.05) is 12.2 Å². The number of amides is 1. The van der Waals surface area contributed by atoms with E-state index < -0.39 is 0 Å². The molecule has 4 fully saturated rings. The van der Waals surface area contributed by atoms with Gasteiger partial charge in [0.1, 0.15) is 0 Å². The topological polar surface area (TPSA) is 55.1 Å². The summed E-state index contributed by atoms with van der Waals surface area (Å²) in [4.78, 5) is 12.5. The minimum atomic E-state index is -0.360. The SMILES string of the molecule is CC(C(=O)NC(C)C12CC3CC(CC(C3)C1)C2)C(N)=S. The maximum atomic E-state index is 12.2. The van der Waals surface area contributed by atoms with Gasteiger partial charge < -0.3 is 11.1 Å². The van der Waals surface area contributed by atoms with Gasteiger partial charge in [-0.05, 0) is 75.5 Å². The number of carbonyl (C=O) groups excluding carboxylic acids is 1. The van der Waals surface area contributed by atoms with Crippen LogP contribution in [-0.2, 0) is 4.79 Å². The van der Waals surface area contributed by atoms with Gasteiger partial charge in [0.25, 0.3) is 0 Å². The molecule has 4 aliphatic rings. The van der Waals surface area contributed by atoms with E-state index in [0.29, 0.717) is 10.4 Å². The summed E-state index contributed by atoms with van der Waals surface area (Å²) in [5.41, 5.74) is 5.94. The van der Waals surface area contributed by atoms with Gasteiger partial charge in [0.15, 0.2) is 0 Å². The van der Waals surface area contributed by atoms with Crippen molar-refractivity contribution in [2.24, 2.45) is 34.8 Å². The Bertz CT molecular complexity index is 399. The predicted octanol–water partition coefficient (Wildman–Crippen LogP) is 2.63. The van der Waals surface area contributed by atoms with Crippen LogP contribution >= 0.6 is 12.2 Å². The third-order valence-corrected chi connectivity index (χ3v) is 6.54. The first-order valence-corrected chi connectivity index (χ1v) is 8.40. The Kier molecular flexibility index (Phi) is 3.56. The molecule has 1 amide bonds. The fraction of sp³-hybridized carbons (Fsp3) is 0.875. The lowest BCUT2D eigenvalue weighted by Gasteiger charge is -2.59. The van der Waals surface area contributed by atoms with Crippen molar-refractivity contribution < 1.29 is 4.79 Å². The highest BCUT2D eigenvalue weighted by Gasteiger charge is 2.53. The summed E-state index contributed by atoms with van der Waals surface area (Å²) in [6, 6.07) is 0.250. The minimum Gasteiger partial charge on any atom is -0.393 e. The van der Waals surface area contributed by atoms with Crippen LogP contribution in [0.5, 0.6) is 0 Å². The van der Waals surface area contributed by atoms with Crippen LogP contribution in [0.4, 0.5) is 0 Å². The van der Waals surface area contributed by atoms with E-state index >= 15 is 0 Å². The first-order chi connectivity index (χ1) is 9.39. The molecule has 3 N–H and O–H groups in total. The van der Waals surface area contributed by atoms with Crippen LogP contribution in [0.3, 0.4) is 0 Å². The van der Waals surface area contributed by atoms with Crippen LogP contribution in [0.25, 0.3) is 0 Å². The van der Waals surface area contributed by atoms with Crippen LogP contribution < -0.4 is 11.1 Å². The average Bonchev–Trinajstić information content (AvgIpc) is 2.35. The van der Waals surface area contributed by atoms with Crippen LogP contribution in [0.1, 0.15) is 52.4 Å². The molecule has 0 saturated heterocycles. The van der Waals surface area contributed by atoms with E-state index in [4.69, 9.17) is 18.0 Å². The summed E-state index contributed by atoms with van der Waals surface area (Å²) in [6.07, 6.45) is 8.22. The van der Waals surface area contributed by atoms with E-state index in [0.717, 1.165) is 17.8 Å². The lowest BCUT2D eigenvalue weighted by molar-refractivity contribution is -0.127. The lowest BCUT2D eigenvalue weighted by Crippen LogP contribution is -2.56. The number of hydrogen-bond donors (Lipinski definition) is 2. The molecular weight excluding hydrogens is 268 g/mol. The molecule has 0 spiro atoms. The van der Waals surface area contributed by atoms with Gasteiger partial charge in [-0.25, -0.2) is 0 Å². The Morgan fingerprint density at radius 3 is 2.00 bits per heavy atom. The lowest BCUT2D eigenvalue weighted by atomic mass is 9.48. The molecule has 0 radical (unpaired) electrons. The van der Waals surface area contributed by atoms with Crippen LogP contribution in [0, 0.1) is 29.1 Å². The van der Waals surface area contributed by atoms with E-state index in [-0.39, 0.29) is 17.9 Å². The maximum Gasteiger partial charge on any atom is 0.229 e. The van der Waals surface area contributed by atoms with E-state index in [1.807, 2.05) is 0 Å². The molecule has 0 aromatic rings. The third kappa shape index (κ3) is 2.36. The van der Waals surface area contributed by atoms with Gasteiger partial charge in [0.2, 0.25) is 5.91 Å². The number of thiocarbonyl (C=S) groups is 1. The largest absolute Gasteiger partial charge is 0.393 e. The van der Waals surface area contributed by atoms with Crippen LogP contribution in [0.15, 0.2) is 0 Å². The summed E-state index contributed by atoms with van der Waals surface area (Å²) in [5, 5.41) is 3.21. The zero-order valence-corrected chi connectivity index (χ0v) is 13.3. The smallest absolute Gasteiger partial charge is 0.229 e. The Balaban J connectivity index is 1.69. The molecule has 3 nitrogen and oxygen atoms in total. The molecule has 4 heteroatoms. The van der Waals surface area contributed by atoms with Crippen molar-refractivity contribution in [1.82, 2.24) is 5.32 Å². The molecule has 4 bridgehead atoms. The van der Waals surface area contributed by atoms with Crippen molar-refractivity contribution in [3.05, 3.63) is 0 Å². The monoisotopic (exact) mass is 294 g/mol. The van der Waals surface area contributed by atoms with Gasteiger partial charge >= 0.3 is 0 Å². The molecule has 4 rings (SSSR count). The molecule has 4 aliphatic carbocycles. The van der Waals surface area contributed by atoms with Gasteiger partial charge in [0.05, 0.1) is 10.9 Å². The summed E-state index contributed by atoms with van der Waals surface area (Å²) in [7, 11) is 0. The number of nitrogens with one attached hydrogen (secondary N) is 1. The molecule has 2 unspecified atom stereocenters. The van der Waals surface area contributed by atoms with Crippen molar-refractivity contribution in [2.75, 3.05) is 0 Å². The average molecular weight is 294 g/mol. The highest BCUT2D eigenvalue weighted by molar-refractivity contribution is 7.80. The van der Waals surface area contributed by atoms with Crippen molar-refractivity contribution >= 4 is 23.1 Å². The van der Waals surface area contributed by atoms with E-state index in [9.17, 15) is 4.79 Å². The molecule has 20 heavy (non-hydrogen) atoms. The van der Waals surface area contributed by atoms with Crippen molar-refractivity contribution in [1.29, 1.82) is 0 Å². The molecule has 0 heterocycles. The number of nitrogens with two attached hydrogens (primary N) is 1. The maximum absolute atomic E-state index is 12.2. The highest BCUT2D eigenvalue weighted by Crippen LogP contribution is 2.61. The molecule has 0 aromatic carbocycles. The van der Waals surface area contributed by atoms with Crippen molar-refractivity contribution in [3.8, 4) is 0 Å². The van der Waals surface area contributed by atoms with Crippen molar-refractivity contribution in [3.63, 3.8) is 0 Å². The van der Waals surface area contributed by atoms with E-state index in [2.05, 4.69) is 12.2 Å². The quantitative estimate of drug-likeness (QED) is 0.784. The molecular formula is C16H26N2OS. The molecule has 4 saturated carbocycles. The fourth-order valence-corrected chi connectivity index (χ4v) is 5.44. The van der Waals surface area contributed by atoms with Crippen molar-refractivity contribution in [2.45, 2.75) is 58.4 Å². The normalized spacial score (nSPS) is 41.2. The van der Waals surface area contributed by atoms with Gasteiger partial charge in [-0.2, -0.15) is 0 Å². The Morgan fingerprint density at radius 2 is 1.60 bits per heavy atom. The van der Waals surface area contributed by atoms with Gasteiger partial charge in [-0.15, -0.1) is 0 Å². The summed E-state index contributed by atoms with van der Waals surface area (Å²) in [5.74, 6) is 2.37. The molecule has 0 aliphatic heterocycles. The Labute approximate surface area is 127 Å². The Morgan fingerprint density at radius 1 is 1.15 bits per heavy atom. The second-order valence-electron chi connectivity index (χ2n) is 7.63. The number of carbonyl (C=O) groups is 1. The van der Waals surface area contributed by atoms with Gasteiger partial charge in [-0.3, -0.25) is 4.79 Å². The third-order valence-electron chi connectivity index (χ3n) is 6.18. The second kappa shape index (κ2) is 4.97. The second-order valence-corrected chi connectivity index (χ2v) is 8.11. The zero-order chi connectivity index (χ0) is 14.5. The van der Waals surface area contributed by atoms with E-state index in [1.165, 1.54) is 38.5 Å². The first kappa shape index (κ1) is 14.3. The summed E-state index contributed by atoms with van der Waals surface area (Å²) < 4.78 is 0. The van der Waals surface area contributed by atoms with Gasteiger partial charge in [0, 0.05) is 6.04 Å². The zero-order valence-electron chi connectivity index (χ0n) is 12.5. The fourth-order valence-electron chi connectivity index (χ4n) is 5.33. The molecule has 0 aromatic heterocycles. The highest BCUT2D eigenvalue weighted by atomic mass is 32.1. The Hall–Kier alpha value is -0.640. The van der Waals surface area contributed by atoms with E-state index in [1.54, 1.807) is 6.92 Å². The standard InChI is InChI=1S/C16H26N2OS/c1-9(14(17)20)15(19)18-10(2)16-6-11-3-12(7-16)5-13(4-11)8-16/h9-13H,3-8H2,1-2H3,(H2,17,20)(H,18,19). The van der Waals surface area contributed by atoms with Crippen LogP contribution in [0.2, 0.25) is 0 Å². The summed E-state index contributed by atoms with van der Waals surface area (Å²) in [6.45, 7) is 3.99.